The van der Waals surface area contributed by atoms with Crippen LogP contribution in [0.5, 0.6) is 6.01 Å². The van der Waals surface area contributed by atoms with Crippen LogP contribution in [0.25, 0.3) is 5.69 Å². The van der Waals surface area contributed by atoms with E-state index in [1.807, 2.05) is 30.3 Å². The second-order valence-corrected chi connectivity index (χ2v) is 3.50. The normalized spacial score (nSPS) is 10.2. The lowest BCUT2D eigenvalue weighted by Gasteiger charge is -2.01. The zero-order valence-corrected chi connectivity index (χ0v) is 10.0. The molecule has 1 heterocycles. The quantitative estimate of drug-likeness (QED) is 0.556. The van der Waals surface area contributed by atoms with Crippen molar-refractivity contribution in [2.75, 3.05) is 6.61 Å². The Labute approximate surface area is 109 Å². The smallest absolute Gasteiger partial charge is 0.335 e. The maximum Gasteiger partial charge on any atom is 0.335 e. The molecule has 0 saturated carbocycles. The van der Waals surface area contributed by atoms with Gasteiger partial charge in [0.1, 0.15) is 12.9 Å². The van der Waals surface area contributed by atoms with Gasteiger partial charge in [-0.15, -0.1) is 5.10 Å². The van der Waals surface area contributed by atoms with E-state index in [0.29, 0.717) is 0 Å². The second kappa shape index (κ2) is 6.47. The molecule has 2 rings (SSSR count). The molecule has 0 aliphatic heterocycles. The van der Waals surface area contributed by atoms with Gasteiger partial charge in [-0.25, -0.2) is 10.5 Å². The molecule has 2 aromatic rings. The molecule has 0 spiro atoms. The molecule has 0 radical (unpaired) electrons. The lowest BCUT2D eigenvalue weighted by atomic mass is 10.3. The third-order valence-corrected chi connectivity index (χ3v) is 2.20. The van der Waals surface area contributed by atoms with E-state index in [2.05, 4.69) is 14.9 Å². The van der Waals surface area contributed by atoms with E-state index >= 15 is 0 Å². The number of nitrogens with zero attached hydrogens (tertiary/aromatic N) is 3. The predicted octanol–water partition coefficient (Wildman–Crippen LogP) is -0.0423. The van der Waals surface area contributed by atoms with Gasteiger partial charge in [0.05, 0.1) is 12.1 Å². The van der Waals surface area contributed by atoms with Gasteiger partial charge in [0.15, 0.2) is 0 Å². The summed E-state index contributed by atoms with van der Waals surface area (Å²) in [6.45, 7) is 0.110. The number of hydrogen-bond acceptors (Lipinski definition) is 7. The Hall–Kier alpha value is -2.45. The summed E-state index contributed by atoms with van der Waals surface area (Å²) in [6.07, 6.45) is 1.58. The average Bonchev–Trinajstić information content (AvgIpc) is 2.89. The van der Waals surface area contributed by atoms with Gasteiger partial charge in [0.2, 0.25) is 0 Å². The number of nitrogens with one attached hydrogen (secondary N) is 1. The van der Waals surface area contributed by atoms with Crippen LogP contribution < -0.4 is 16.2 Å². The molecule has 0 unspecified atom stereocenters. The number of ether oxygens (including phenoxy) is 1. The third kappa shape index (κ3) is 3.76. The lowest BCUT2D eigenvalue weighted by Crippen LogP contribution is -2.27. The second-order valence-electron chi connectivity index (χ2n) is 3.50. The van der Waals surface area contributed by atoms with Crippen LogP contribution in [-0.4, -0.2) is 27.3 Å². The summed E-state index contributed by atoms with van der Waals surface area (Å²) < 4.78 is 6.79. The zero-order valence-electron chi connectivity index (χ0n) is 10.0. The fourth-order valence-corrected chi connectivity index (χ4v) is 1.36. The van der Waals surface area contributed by atoms with Gasteiger partial charge in [-0.1, -0.05) is 23.8 Å². The molecule has 0 amide bonds. The Kier molecular flexibility index (Phi) is 4.43. The van der Waals surface area contributed by atoms with Gasteiger partial charge in [-0.2, -0.15) is 4.98 Å². The van der Waals surface area contributed by atoms with Crippen LogP contribution >= 0.6 is 0 Å². The summed E-state index contributed by atoms with van der Waals surface area (Å²) in [5.41, 5.74) is 2.67. The first-order valence-electron chi connectivity index (χ1n) is 5.55. The van der Waals surface area contributed by atoms with Crippen molar-refractivity contribution in [1.82, 2.24) is 20.4 Å². The summed E-state index contributed by atoms with van der Waals surface area (Å²) in [5, 5.41) is 4.11. The molecule has 1 aromatic carbocycles. The monoisotopic (exact) mass is 263 g/mol. The topological polar surface area (TPSA) is 104 Å². The van der Waals surface area contributed by atoms with Crippen LogP contribution in [0, 0.1) is 0 Å². The summed E-state index contributed by atoms with van der Waals surface area (Å²) >= 11 is 0. The standard InChI is InChI=1S/C11H13N5O3/c12-15-19-10(17)6-7-18-11-13-8-16(14-11)9-4-2-1-3-5-9/h1-5,8,15H,6-7,12H2. The predicted molar refractivity (Wildman–Crippen MR) is 64.9 cm³/mol. The number of aromatic nitrogens is 3. The first-order chi connectivity index (χ1) is 9.29. The van der Waals surface area contributed by atoms with Crippen LogP contribution in [-0.2, 0) is 9.63 Å². The Morgan fingerprint density at radius 1 is 1.37 bits per heavy atom. The summed E-state index contributed by atoms with van der Waals surface area (Å²) in [6, 6.07) is 9.68. The van der Waals surface area contributed by atoms with Crippen LogP contribution in [0.3, 0.4) is 0 Å². The van der Waals surface area contributed by atoms with Crippen molar-refractivity contribution in [1.29, 1.82) is 0 Å². The van der Waals surface area contributed by atoms with Crippen LogP contribution in [0.1, 0.15) is 6.42 Å². The van der Waals surface area contributed by atoms with E-state index in [0.717, 1.165) is 5.69 Å². The van der Waals surface area contributed by atoms with Gasteiger partial charge >= 0.3 is 12.0 Å². The average molecular weight is 263 g/mol. The molecule has 0 atom stereocenters. The number of carbonyl (C=O) groups excluding carboxylic acids is 1. The minimum absolute atomic E-state index is 0.0457. The SMILES string of the molecule is NNOC(=O)CCOc1ncn(-c2ccccc2)n1. The number of benzene rings is 1. The minimum Gasteiger partial charge on any atom is -0.462 e. The molecule has 0 saturated heterocycles. The molecule has 1 aromatic heterocycles. The number of hydrogen-bond donors (Lipinski definition) is 2. The van der Waals surface area contributed by atoms with Crippen molar-refractivity contribution in [3.63, 3.8) is 0 Å². The van der Waals surface area contributed by atoms with E-state index < -0.39 is 5.97 Å². The number of rotatable bonds is 6. The highest BCUT2D eigenvalue weighted by Gasteiger charge is 2.06. The van der Waals surface area contributed by atoms with Crippen LogP contribution in [0.2, 0.25) is 0 Å². The highest BCUT2D eigenvalue weighted by Crippen LogP contribution is 2.08. The molecule has 19 heavy (non-hydrogen) atoms. The van der Waals surface area contributed by atoms with Gasteiger partial charge in [0, 0.05) is 0 Å². The number of para-hydroxylation sites is 1. The molecular weight excluding hydrogens is 250 g/mol. The van der Waals surface area contributed by atoms with E-state index in [4.69, 9.17) is 10.6 Å². The van der Waals surface area contributed by atoms with Crippen LogP contribution in [0.15, 0.2) is 36.7 Å². The van der Waals surface area contributed by atoms with Gasteiger partial charge in [-0.05, 0) is 12.1 Å². The molecule has 0 fully saturated rings. The highest BCUT2D eigenvalue weighted by atomic mass is 16.7. The molecule has 100 valence electrons. The Morgan fingerprint density at radius 3 is 2.89 bits per heavy atom. The van der Waals surface area contributed by atoms with Gasteiger partial charge in [0.25, 0.3) is 0 Å². The van der Waals surface area contributed by atoms with E-state index in [1.165, 1.54) is 6.33 Å². The van der Waals surface area contributed by atoms with Crippen molar-refractivity contribution in [2.24, 2.45) is 5.84 Å². The third-order valence-electron chi connectivity index (χ3n) is 2.20. The van der Waals surface area contributed by atoms with E-state index in [9.17, 15) is 4.79 Å². The highest BCUT2D eigenvalue weighted by molar-refractivity contribution is 5.69. The fraction of sp³-hybridized carbons (Fsp3) is 0.182. The van der Waals surface area contributed by atoms with Crippen molar-refractivity contribution < 1.29 is 14.4 Å². The fourth-order valence-electron chi connectivity index (χ4n) is 1.36. The Bertz CT molecular complexity index is 528. The maximum absolute atomic E-state index is 11.0. The summed E-state index contributed by atoms with van der Waals surface area (Å²) in [5.74, 6) is 4.29. The Morgan fingerprint density at radius 2 is 2.16 bits per heavy atom. The molecule has 0 aliphatic carbocycles. The van der Waals surface area contributed by atoms with Crippen molar-refractivity contribution in [3.05, 3.63) is 36.7 Å². The number of carbonyl (C=O) groups is 1. The van der Waals surface area contributed by atoms with E-state index in [1.54, 1.807) is 10.3 Å². The van der Waals surface area contributed by atoms with E-state index in [-0.39, 0.29) is 19.0 Å². The molecule has 3 N–H and O–H groups in total. The molecule has 8 nitrogen and oxygen atoms in total. The number of hydrazine groups is 1. The summed E-state index contributed by atoms with van der Waals surface area (Å²) in [4.78, 5) is 19.3. The largest absolute Gasteiger partial charge is 0.462 e. The Balaban J connectivity index is 1.86. The van der Waals surface area contributed by atoms with Crippen LogP contribution in [0.4, 0.5) is 0 Å². The van der Waals surface area contributed by atoms with Gasteiger partial charge < -0.3 is 9.57 Å². The molecule has 0 aliphatic rings. The van der Waals surface area contributed by atoms with Gasteiger partial charge in [-0.3, -0.25) is 4.79 Å². The zero-order chi connectivity index (χ0) is 13.5. The first kappa shape index (κ1) is 13.0. The lowest BCUT2D eigenvalue weighted by molar-refractivity contribution is -0.151. The molecular formula is C11H13N5O3. The maximum atomic E-state index is 11.0. The molecule has 8 heteroatoms. The van der Waals surface area contributed by atoms with Crippen molar-refractivity contribution in [2.45, 2.75) is 6.42 Å². The molecule has 0 bridgehead atoms. The first-order valence-corrected chi connectivity index (χ1v) is 5.55. The minimum atomic E-state index is -0.523. The number of nitrogens with two attached hydrogens (primary N) is 1. The van der Waals surface area contributed by atoms with Crippen molar-refractivity contribution in [3.8, 4) is 11.7 Å². The van der Waals surface area contributed by atoms with Crippen molar-refractivity contribution >= 4 is 5.97 Å². The summed E-state index contributed by atoms with van der Waals surface area (Å²) in [7, 11) is 0.